The fourth-order valence-electron chi connectivity index (χ4n) is 4.41. The van der Waals surface area contributed by atoms with Crippen molar-refractivity contribution in [2.45, 2.75) is 31.8 Å². The summed E-state index contributed by atoms with van der Waals surface area (Å²) < 4.78 is 16.2. The molecule has 3 aromatic carbocycles. The fourth-order valence-corrected chi connectivity index (χ4v) is 4.72. The summed E-state index contributed by atoms with van der Waals surface area (Å²) in [5.74, 6) is 0.300. The van der Waals surface area contributed by atoms with Crippen molar-refractivity contribution in [2.75, 3.05) is 7.11 Å². The van der Waals surface area contributed by atoms with Crippen LogP contribution in [-0.4, -0.2) is 24.2 Å². The summed E-state index contributed by atoms with van der Waals surface area (Å²) >= 11 is 5.67. The van der Waals surface area contributed by atoms with Crippen LogP contribution in [-0.2, 0) is 15.1 Å². The first-order valence-electron chi connectivity index (χ1n) is 11.1. The van der Waals surface area contributed by atoms with Crippen molar-refractivity contribution in [3.63, 3.8) is 0 Å². The van der Waals surface area contributed by atoms with E-state index in [0.717, 1.165) is 11.1 Å². The summed E-state index contributed by atoms with van der Waals surface area (Å²) in [5, 5.41) is 7.28. The Balaban J connectivity index is 1.91. The van der Waals surface area contributed by atoms with Gasteiger partial charge in [0.1, 0.15) is 17.2 Å². The SMILES string of the molecule is COc1ccc([C@@]2(c3ccc(OC(C)=O)cc3OC(C)=O)C[C@@H](c3ccccc3)NC(=S)N2)cc1. The van der Waals surface area contributed by atoms with Gasteiger partial charge >= 0.3 is 11.9 Å². The Bertz CT molecular complexity index is 1250. The highest BCUT2D eigenvalue weighted by atomic mass is 32.1. The van der Waals surface area contributed by atoms with Gasteiger partial charge in [-0.1, -0.05) is 42.5 Å². The van der Waals surface area contributed by atoms with E-state index in [1.807, 2.05) is 54.6 Å². The molecule has 0 bridgehead atoms. The van der Waals surface area contributed by atoms with Crippen molar-refractivity contribution in [1.82, 2.24) is 10.6 Å². The van der Waals surface area contributed by atoms with E-state index >= 15 is 0 Å². The van der Waals surface area contributed by atoms with E-state index in [2.05, 4.69) is 10.6 Å². The van der Waals surface area contributed by atoms with Crippen LogP contribution in [0.25, 0.3) is 0 Å². The molecule has 7 nitrogen and oxygen atoms in total. The van der Waals surface area contributed by atoms with E-state index in [4.69, 9.17) is 26.4 Å². The fraction of sp³-hybridized carbons (Fsp3) is 0.222. The average Bonchev–Trinajstić information content (AvgIpc) is 2.83. The largest absolute Gasteiger partial charge is 0.497 e. The van der Waals surface area contributed by atoms with E-state index in [9.17, 15) is 9.59 Å². The zero-order valence-corrected chi connectivity index (χ0v) is 20.5. The van der Waals surface area contributed by atoms with Gasteiger partial charge in [0.05, 0.1) is 18.7 Å². The third-order valence-corrected chi connectivity index (χ3v) is 6.08. The minimum absolute atomic E-state index is 0.120. The lowest BCUT2D eigenvalue weighted by Crippen LogP contribution is -2.58. The standard InChI is InChI=1S/C27H26N2O5S/c1-17(30)33-22-13-14-23(25(15-22)34-18(2)31)27(20-9-11-21(32-3)12-10-20)16-24(28-26(35)29-27)19-7-5-4-6-8-19/h4-15,24H,16H2,1-3H3,(H2,28,29,35)/t24-,27+/m0/s1. The molecule has 0 radical (unpaired) electrons. The molecule has 0 saturated carbocycles. The molecule has 1 fully saturated rings. The van der Waals surface area contributed by atoms with Crippen molar-refractivity contribution in [3.05, 3.63) is 89.5 Å². The molecule has 0 amide bonds. The number of esters is 2. The molecule has 1 aliphatic rings. The number of carbonyl (C=O) groups excluding carboxylic acids is 2. The van der Waals surface area contributed by atoms with Crippen LogP contribution in [0.3, 0.4) is 0 Å². The van der Waals surface area contributed by atoms with E-state index in [1.165, 1.54) is 13.8 Å². The number of ether oxygens (including phenoxy) is 3. The van der Waals surface area contributed by atoms with Crippen molar-refractivity contribution < 1.29 is 23.8 Å². The number of rotatable bonds is 6. The van der Waals surface area contributed by atoms with E-state index < -0.39 is 17.5 Å². The van der Waals surface area contributed by atoms with Gasteiger partial charge in [-0.3, -0.25) is 9.59 Å². The number of hydrogen-bond donors (Lipinski definition) is 2. The Morgan fingerprint density at radius 2 is 1.57 bits per heavy atom. The smallest absolute Gasteiger partial charge is 0.308 e. The zero-order chi connectivity index (χ0) is 25.0. The predicted octanol–water partition coefficient (Wildman–Crippen LogP) is 4.40. The van der Waals surface area contributed by atoms with E-state index in [0.29, 0.717) is 22.8 Å². The monoisotopic (exact) mass is 490 g/mol. The lowest BCUT2D eigenvalue weighted by molar-refractivity contribution is -0.132. The summed E-state index contributed by atoms with van der Waals surface area (Å²) in [4.78, 5) is 23.6. The lowest BCUT2D eigenvalue weighted by atomic mass is 9.75. The highest BCUT2D eigenvalue weighted by Crippen LogP contribution is 2.45. The second kappa shape index (κ2) is 10.1. The molecule has 35 heavy (non-hydrogen) atoms. The Labute approximate surface area is 209 Å². The summed E-state index contributed by atoms with van der Waals surface area (Å²) in [6.45, 7) is 2.64. The Kier molecular flexibility index (Phi) is 7.02. The summed E-state index contributed by atoms with van der Waals surface area (Å²) in [5.41, 5.74) is 1.78. The van der Waals surface area contributed by atoms with Crippen molar-refractivity contribution >= 4 is 29.3 Å². The molecule has 0 unspecified atom stereocenters. The average molecular weight is 491 g/mol. The molecule has 0 aromatic heterocycles. The van der Waals surface area contributed by atoms with Gasteiger partial charge < -0.3 is 24.8 Å². The van der Waals surface area contributed by atoms with Gasteiger partial charge in [-0.2, -0.15) is 0 Å². The Morgan fingerprint density at radius 3 is 2.20 bits per heavy atom. The molecular weight excluding hydrogens is 464 g/mol. The highest BCUT2D eigenvalue weighted by molar-refractivity contribution is 7.80. The molecule has 0 aliphatic carbocycles. The molecule has 8 heteroatoms. The highest BCUT2D eigenvalue weighted by Gasteiger charge is 2.44. The van der Waals surface area contributed by atoms with Crippen molar-refractivity contribution in [2.24, 2.45) is 0 Å². The maximum atomic E-state index is 12.1. The van der Waals surface area contributed by atoms with Gasteiger partial charge in [-0.15, -0.1) is 0 Å². The number of nitrogens with one attached hydrogen (secondary N) is 2. The van der Waals surface area contributed by atoms with Crippen LogP contribution in [0, 0.1) is 0 Å². The molecular formula is C27H26N2O5S. The van der Waals surface area contributed by atoms with Gasteiger partial charge in [0.2, 0.25) is 0 Å². The molecule has 1 saturated heterocycles. The number of carbonyl (C=O) groups is 2. The third-order valence-electron chi connectivity index (χ3n) is 5.86. The number of thiocarbonyl (C=S) groups is 1. The minimum atomic E-state index is -0.866. The first kappa shape index (κ1) is 24.2. The van der Waals surface area contributed by atoms with Crippen LogP contribution >= 0.6 is 12.2 Å². The quantitative estimate of drug-likeness (QED) is 0.299. The second-order valence-corrected chi connectivity index (χ2v) is 8.65. The molecule has 2 N–H and O–H groups in total. The van der Waals surface area contributed by atoms with Gasteiger partial charge in [-0.25, -0.2) is 0 Å². The number of methoxy groups -OCH3 is 1. The van der Waals surface area contributed by atoms with Gasteiger partial charge in [0.15, 0.2) is 5.11 Å². The molecule has 0 spiro atoms. The first-order chi connectivity index (χ1) is 16.8. The van der Waals surface area contributed by atoms with Crippen molar-refractivity contribution in [1.29, 1.82) is 0 Å². The topological polar surface area (TPSA) is 85.9 Å². The van der Waals surface area contributed by atoms with Crippen LogP contribution in [0.15, 0.2) is 72.8 Å². The Morgan fingerprint density at radius 1 is 0.914 bits per heavy atom. The van der Waals surface area contributed by atoms with Crippen LogP contribution in [0.1, 0.15) is 43.0 Å². The number of hydrogen-bond acceptors (Lipinski definition) is 6. The minimum Gasteiger partial charge on any atom is -0.497 e. The molecule has 1 aliphatic heterocycles. The predicted molar refractivity (Wildman–Crippen MR) is 136 cm³/mol. The number of benzene rings is 3. The summed E-state index contributed by atoms with van der Waals surface area (Å²) in [6, 6.07) is 22.6. The Hall–Kier alpha value is -3.91. The van der Waals surface area contributed by atoms with Gasteiger partial charge in [0, 0.05) is 31.9 Å². The van der Waals surface area contributed by atoms with Crippen LogP contribution in [0.5, 0.6) is 17.2 Å². The summed E-state index contributed by atoms with van der Waals surface area (Å²) in [7, 11) is 1.61. The van der Waals surface area contributed by atoms with Crippen LogP contribution < -0.4 is 24.8 Å². The second-order valence-electron chi connectivity index (χ2n) is 8.24. The lowest BCUT2D eigenvalue weighted by Gasteiger charge is -2.45. The van der Waals surface area contributed by atoms with E-state index in [1.54, 1.807) is 25.3 Å². The molecule has 180 valence electrons. The maximum Gasteiger partial charge on any atom is 0.308 e. The van der Waals surface area contributed by atoms with Crippen molar-refractivity contribution in [3.8, 4) is 17.2 Å². The maximum absolute atomic E-state index is 12.1. The van der Waals surface area contributed by atoms with Crippen LogP contribution in [0.4, 0.5) is 0 Å². The first-order valence-corrected chi connectivity index (χ1v) is 11.5. The normalized spacial score (nSPS) is 19.2. The molecule has 2 atom stereocenters. The van der Waals surface area contributed by atoms with Gasteiger partial charge in [0.25, 0.3) is 0 Å². The molecule has 1 heterocycles. The van der Waals surface area contributed by atoms with E-state index in [-0.39, 0.29) is 17.5 Å². The zero-order valence-electron chi connectivity index (χ0n) is 19.7. The third kappa shape index (κ3) is 5.27. The summed E-state index contributed by atoms with van der Waals surface area (Å²) in [6.07, 6.45) is 0.546. The molecule has 3 aromatic rings. The van der Waals surface area contributed by atoms with Crippen LogP contribution in [0.2, 0.25) is 0 Å². The molecule has 4 rings (SSSR count). The van der Waals surface area contributed by atoms with Gasteiger partial charge in [-0.05, 0) is 47.6 Å².